The summed E-state index contributed by atoms with van der Waals surface area (Å²) < 4.78 is 5.38. The first-order chi connectivity index (χ1) is 9.08. The Balaban J connectivity index is 2.72. The molecule has 0 aliphatic rings. The molecule has 0 radical (unpaired) electrons. The fraction of sp³-hybridized carbons (Fsp3) is 0.462. The smallest absolute Gasteiger partial charge is 0.311 e. The van der Waals surface area contributed by atoms with Crippen LogP contribution < -0.4 is 10.1 Å². The molecule has 0 fully saturated rings. The van der Waals surface area contributed by atoms with Gasteiger partial charge in [-0.2, -0.15) is 5.26 Å². The predicted octanol–water partition coefficient (Wildman–Crippen LogP) is 2.17. The largest absolute Gasteiger partial charge is 0.484 e. The molecule has 0 amide bonds. The second-order valence-corrected chi connectivity index (χ2v) is 4.18. The summed E-state index contributed by atoms with van der Waals surface area (Å²) in [7, 11) is 0. The van der Waals surface area contributed by atoms with Crippen molar-refractivity contribution in [3.05, 3.63) is 33.9 Å². The summed E-state index contributed by atoms with van der Waals surface area (Å²) in [5.74, 6) is 0.189. The van der Waals surface area contributed by atoms with E-state index < -0.39 is 11.0 Å². The maximum atomic E-state index is 10.9. The van der Waals surface area contributed by atoms with Gasteiger partial charge in [-0.05, 0) is 31.5 Å². The van der Waals surface area contributed by atoms with Gasteiger partial charge in [0.05, 0.1) is 11.0 Å². The minimum Gasteiger partial charge on any atom is -0.484 e. The quantitative estimate of drug-likeness (QED) is 0.601. The predicted molar refractivity (Wildman–Crippen MR) is 71.0 cm³/mol. The van der Waals surface area contributed by atoms with Gasteiger partial charge in [0.25, 0.3) is 0 Å². The summed E-state index contributed by atoms with van der Waals surface area (Å²) in [5, 5.41) is 22.8. The summed E-state index contributed by atoms with van der Waals surface area (Å²) in [6.45, 7) is 4.56. The second-order valence-electron chi connectivity index (χ2n) is 4.18. The van der Waals surface area contributed by atoms with Crippen LogP contribution in [0.4, 0.5) is 5.69 Å². The molecule has 1 atom stereocenters. The first-order valence-corrected chi connectivity index (χ1v) is 6.09. The van der Waals surface area contributed by atoms with Crippen molar-refractivity contribution in [2.24, 2.45) is 0 Å². The summed E-state index contributed by atoms with van der Waals surface area (Å²) >= 11 is 0. The Morgan fingerprint density at radius 2 is 2.32 bits per heavy atom. The Kier molecular flexibility index (Phi) is 5.76. The Morgan fingerprint density at radius 3 is 2.89 bits per heavy atom. The van der Waals surface area contributed by atoms with E-state index in [4.69, 9.17) is 10.00 Å². The van der Waals surface area contributed by atoms with Crippen LogP contribution in [0.1, 0.15) is 18.9 Å². The Morgan fingerprint density at radius 1 is 1.58 bits per heavy atom. The molecule has 0 aliphatic carbocycles. The number of hydrogen-bond donors (Lipinski definition) is 1. The van der Waals surface area contributed by atoms with Crippen LogP contribution in [0.25, 0.3) is 0 Å². The highest BCUT2D eigenvalue weighted by molar-refractivity contribution is 5.48. The number of nitro groups is 1. The molecule has 1 rings (SSSR count). The number of aryl methyl sites for hydroxylation is 1. The molecule has 6 heteroatoms. The maximum absolute atomic E-state index is 10.9. The van der Waals surface area contributed by atoms with Gasteiger partial charge in [-0.3, -0.25) is 15.4 Å². The highest BCUT2D eigenvalue weighted by Gasteiger charge is 2.16. The molecule has 0 saturated heterocycles. The molecule has 102 valence electrons. The summed E-state index contributed by atoms with van der Waals surface area (Å²) in [6, 6.07) is 6.34. The van der Waals surface area contributed by atoms with Crippen molar-refractivity contribution in [1.29, 1.82) is 5.26 Å². The molecule has 0 aliphatic heterocycles. The second kappa shape index (κ2) is 7.34. The van der Waals surface area contributed by atoms with Gasteiger partial charge in [-0.25, -0.2) is 0 Å². The van der Waals surface area contributed by atoms with Gasteiger partial charge in [0.2, 0.25) is 0 Å². The summed E-state index contributed by atoms with van der Waals surface area (Å²) in [6.07, 6.45) is 0.906. The van der Waals surface area contributed by atoms with Gasteiger partial charge < -0.3 is 4.74 Å². The van der Waals surface area contributed by atoms with E-state index in [9.17, 15) is 10.1 Å². The van der Waals surface area contributed by atoms with E-state index in [2.05, 4.69) is 11.4 Å². The molecule has 6 nitrogen and oxygen atoms in total. The number of rotatable bonds is 7. The normalized spacial score (nSPS) is 11.6. The SMILES string of the molecule is CCCNC(C#N)COc1ccc(C)cc1[N+](=O)[O-]. The van der Waals surface area contributed by atoms with E-state index in [0.717, 1.165) is 12.0 Å². The first kappa shape index (κ1) is 14.9. The zero-order valence-corrected chi connectivity index (χ0v) is 11.0. The molecule has 0 saturated carbocycles. The average Bonchev–Trinajstić information content (AvgIpc) is 2.40. The third-order valence-electron chi connectivity index (χ3n) is 2.51. The van der Waals surface area contributed by atoms with E-state index >= 15 is 0 Å². The zero-order chi connectivity index (χ0) is 14.3. The van der Waals surface area contributed by atoms with Crippen LogP contribution in [0.5, 0.6) is 5.75 Å². The lowest BCUT2D eigenvalue weighted by atomic mass is 10.2. The Labute approximate surface area is 112 Å². The molecule has 1 unspecified atom stereocenters. The Hall–Kier alpha value is -2.13. The highest BCUT2D eigenvalue weighted by atomic mass is 16.6. The minimum atomic E-state index is -0.483. The van der Waals surface area contributed by atoms with Crippen LogP contribution in [0.15, 0.2) is 18.2 Å². The number of benzene rings is 1. The molecule has 0 aromatic heterocycles. The van der Waals surface area contributed by atoms with Gasteiger partial charge in [-0.15, -0.1) is 0 Å². The first-order valence-electron chi connectivity index (χ1n) is 6.09. The number of nitrogens with zero attached hydrogens (tertiary/aromatic N) is 2. The number of nitro benzene ring substituents is 1. The Bertz CT molecular complexity index is 483. The topological polar surface area (TPSA) is 88.2 Å². The molecule has 1 aromatic rings. The lowest BCUT2D eigenvalue weighted by Gasteiger charge is -2.12. The van der Waals surface area contributed by atoms with E-state index in [1.54, 1.807) is 19.1 Å². The number of nitrogens with one attached hydrogen (secondary N) is 1. The van der Waals surface area contributed by atoms with E-state index in [1.165, 1.54) is 6.07 Å². The van der Waals surface area contributed by atoms with Crippen molar-refractivity contribution >= 4 is 5.69 Å². The van der Waals surface area contributed by atoms with E-state index in [-0.39, 0.29) is 18.0 Å². The molecule has 0 heterocycles. The van der Waals surface area contributed by atoms with Crippen LogP contribution >= 0.6 is 0 Å². The van der Waals surface area contributed by atoms with Crippen LogP contribution in [0.3, 0.4) is 0 Å². The molecule has 0 spiro atoms. The van der Waals surface area contributed by atoms with E-state index in [1.807, 2.05) is 6.92 Å². The fourth-order valence-corrected chi connectivity index (χ4v) is 1.53. The van der Waals surface area contributed by atoms with Crippen LogP contribution in [0, 0.1) is 28.4 Å². The van der Waals surface area contributed by atoms with Crippen molar-refractivity contribution in [1.82, 2.24) is 5.32 Å². The maximum Gasteiger partial charge on any atom is 0.311 e. The number of nitriles is 1. The lowest BCUT2D eigenvalue weighted by Crippen LogP contribution is -2.33. The van der Waals surface area contributed by atoms with Gasteiger partial charge in [0.15, 0.2) is 5.75 Å². The van der Waals surface area contributed by atoms with Crippen molar-refractivity contribution in [3.63, 3.8) is 0 Å². The van der Waals surface area contributed by atoms with E-state index in [0.29, 0.717) is 6.54 Å². The summed E-state index contributed by atoms with van der Waals surface area (Å²) in [4.78, 5) is 10.4. The van der Waals surface area contributed by atoms with Crippen LogP contribution in [-0.4, -0.2) is 24.1 Å². The average molecular weight is 263 g/mol. The van der Waals surface area contributed by atoms with Gasteiger partial charge >= 0.3 is 5.69 Å². The van der Waals surface area contributed by atoms with Crippen molar-refractivity contribution in [3.8, 4) is 11.8 Å². The van der Waals surface area contributed by atoms with Crippen molar-refractivity contribution < 1.29 is 9.66 Å². The minimum absolute atomic E-state index is 0.0767. The number of ether oxygens (including phenoxy) is 1. The number of hydrogen-bond acceptors (Lipinski definition) is 5. The molecular formula is C13H17N3O3. The third kappa shape index (κ3) is 4.56. The molecule has 0 bridgehead atoms. The molecule has 19 heavy (non-hydrogen) atoms. The zero-order valence-electron chi connectivity index (χ0n) is 11.0. The molecular weight excluding hydrogens is 246 g/mol. The molecule has 1 aromatic carbocycles. The monoisotopic (exact) mass is 263 g/mol. The molecule has 1 N–H and O–H groups in total. The highest BCUT2D eigenvalue weighted by Crippen LogP contribution is 2.27. The van der Waals surface area contributed by atoms with Gasteiger partial charge in [-0.1, -0.05) is 13.0 Å². The van der Waals surface area contributed by atoms with Gasteiger partial charge in [0.1, 0.15) is 12.6 Å². The fourth-order valence-electron chi connectivity index (χ4n) is 1.53. The van der Waals surface area contributed by atoms with Crippen molar-refractivity contribution in [2.45, 2.75) is 26.3 Å². The van der Waals surface area contributed by atoms with Crippen LogP contribution in [-0.2, 0) is 0 Å². The lowest BCUT2D eigenvalue weighted by molar-refractivity contribution is -0.385. The van der Waals surface area contributed by atoms with Gasteiger partial charge in [0, 0.05) is 6.07 Å². The summed E-state index contributed by atoms with van der Waals surface area (Å²) in [5.41, 5.74) is 0.715. The third-order valence-corrected chi connectivity index (χ3v) is 2.51. The van der Waals surface area contributed by atoms with Crippen LogP contribution in [0.2, 0.25) is 0 Å². The van der Waals surface area contributed by atoms with Crippen molar-refractivity contribution in [2.75, 3.05) is 13.2 Å². The standard InChI is InChI=1S/C13H17N3O3/c1-3-6-15-11(8-14)9-19-13-5-4-10(2)7-12(13)16(17)18/h4-5,7,11,15H,3,6,9H2,1-2H3.